The van der Waals surface area contributed by atoms with Crippen molar-refractivity contribution in [2.24, 2.45) is 5.41 Å². The molecule has 1 amide bonds. The molecule has 0 atom stereocenters. The number of benzene rings is 2. The van der Waals surface area contributed by atoms with Crippen LogP contribution in [0.5, 0.6) is 5.75 Å². The van der Waals surface area contributed by atoms with Gasteiger partial charge in [0.2, 0.25) is 5.91 Å². The van der Waals surface area contributed by atoms with E-state index in [-0.39, 0.29) is 5.91 Å². The monoisotopic (exact) mass is 395 g/mol. The number of anilines is 1. The van der Waals surface area contributed by atoms with Crippen LogP contribution in [0.15, 0.2) is 48.5 Å². The van der Waals surface area contributed by atoms with E-state index < -0.39 is 11.4 Å². The first kappa shape index (κ1) is 22.2. The van der Waals surface area contributed by atoms with Gasteiger partial charge >= 0.3 is 5.97 Å². The van der Waals surface area contributed by atoms with Crippen LogP contribution >= 0.6 is 0 Å². The van der Waals surface area contributed by atoms with Crippen molar-refractivity contribution in [2.45, 2.75) is 40.5 Å². The van der Waals surface area contributed by atoms with Crippen LogP contribution in [-0.2, 0) is 9.59 Å². The van der Waals surface area contributed by atoms with Gasteiger partial charge in [-0.05, 0) is 67.7 Å². The smallest absolute Gasteiger partial charge is 0.328 e. The zero-order chi connectivity index (χ0) is 21.4. The molecule has 29 heavy (non-hydrogen) atoms. The Hall–Kier alpha value is -3.08. The van der Waals surface area contributed by atoms with Crippen LogP contribution in [0.25, 0.3) is 6.08 Å². The number of carbonyl (C=O) groups excluding carboxylic acids is 1. The third-order valence-corrected chi connectivity index (χ3v) is 4.72. The van der Waals surface area contributed by atoms with Gasteiger partial charge in [0.05, 0.1) is 6.61 Å². The Morgan fingerprint density at radius 3 is 2.62 bits per heavy atom. The van der Waals surface area contributed by atoms with Crippen molar-refractivity contribution in [3.63, 3.8) is 0 Å². The van der Waals surface area contributed by atoms with E-state index in [4.69, 9.17) is 9.84 Å². The van der Waals surface area contributed by atoms with Crippen molar-refractivity contribution < 1.29 is 19.4 Å². The lowest BCUT2D eigenvalue weighted by atomic mass is 9.87. The third kappa shape index (κ3) is 7.11. The Balaban J connectivity index is 1.88. The molecule has 5 nitrogen and oxygen atoms in total. The summed E-state index contributed by atoms with van der Waals surface area (Å²) < 4.78 is 5.89. The molecule has 2 aromatic carbocycles. The second kappa shape index (κ2) is 9.92. The number of hydrogen-bond acceptors (Lipinski definition) is 3. The highest BCUT2D eigenvalue weighted by Gasteiger charge is 2.27. The SMILES string of the molecule is Cc1ccc(C)c(OCCCC(C)(C)C(=O)Nc2cccc(C=CC(=O)O)c2)c1. The van der Waals surface area contributed by atoms with E-state index in [1.165, 1.54) is 6.08 Å². The van der Waals surface area contributed by atoms with Crippen molar-refractivity contribution in [3.05, 3.63) is 65.2 Å². The summed E-state index contributed by atoms with van der Waals surface area (Å²) in [6, 6.07) is 13.2. The molecule has 0 spiro atoms. The molecule has 154 valence electrons. The molecule has 0 aliphatic heterocycles. The van der Waals surface area contributed by atoms with Crippen LogP contribution in [0.4, 0.5) is 5.69 Å². The van der Waals surface area contributed by atoms with Crippen LogP contribution in [0.1, 0.15) is 43.4 Å². The maximum Gasteiger partial charge on any atom is 0.328 e. The van der Waals surface area contributed by atoms with Gasteiger partial charge in [0.15, 0.2) is 0 Å². The first-order valence-electron chi connectivity index (χ1n) is 9.70. The summed E-state index contributed by atoms with van der Waals surface area (Å²) >= 11 is 0. The number of carboxylic acid groups (broad SMARTS) is 1. The van der Waals surface area contributed by atoms with E-state index in [2.05, 4.69) is 11.4 Å². The molecule has 0 saturated carbocycles. The van der Waals surface area contributed by atoms with E-state index in [1.807, 2.05) is 39.8 Å². The number of amides is 1. The largest absolute Gasteiger partial charge is 0.493 e. The molecule has 0 unspecified atom stereocenters. The van der Waals surface area contributed by atoms with Gasteiger partial charge in [0, 0.05) is 17.2 Å². The molecule has 0 bridgehead atoms. The number of aliphatic carboxylic acids is 1. The highest BCUT2D eigenvalue weighted by Crippen LogP contribution is 2.26. The number of rotatable bonds is 9. The molecular formula is C24H29NO4. The average Bonchev–Trinajstić information content (AvgIpc) is 2.66. The molecule has 0 aliphatic rings. The van der Waals surface area contributed by atoms with Crippen molar-refractivity contribution in [3.8, 4) is 5.75 Å². The van der Waals surface area contributed by atoms with Crippen LogP contribution in [-0.4, -0.2) is 23.6 Å². The Labute approximate surface area is 172 Å². The summed E-state index contributed by atoms with van der Waals surface area (Å²) in [6.45, 7) is 8.43. The molecule has 2 rings (SSSR count). The van der Waals surface area contributed by atoms with E-state index in [0.717, 1.165) is 29.4 Å². The Bertz CT molecular complexity index is 900. The highest BCUT2D eigenvalue weighted by molar-refractivity contribution is 5.95. The van der Waals surface area contributed by atoms with Crippen molar-refractivity contribution in [2.75, 3.05) is 11.9 Å². The minimum atomic E-state index is -1.01. The lowest BCUT2D eigenvalue weighted by Crippen LogP contribution is -2.31. The van der Waals surface area contributed by atoms with Gasteiger partial charge in [-0.25, -0.2) is 4.79 Å². The van der Waals surface area contributed by atoms with Gasteiger partial charge in [-0.3, -0.25) is 4.79 Å². The number of hydrogen-bond donors (Lipinski definition) is 2. The molecule has 5 heteroatoms. The first-order valence-corrected chi connectivity index (χ1v) is 9.70. The fourth-order valence-electron chi connectivity index (χ4n) is 2.86. The number of ether oxygens (including phenoxy) is 1. The highest BCUT2D eigenvalue weighted by atomic mass is 16.5. The van der Waals surface area contributed by atoms with E-state index >= 15 is 0 Å². The molecule has 0 fully saturated rings. The molecule has 0 heterocycles. The number of carbonyl (C=O) groups is 2. The Kier molecular flexibility index (Phi) is 7.59. The molecule has 0 radical (unpaired) electrons. The summed E-state index contributed by atoms with van der Waals surface area (Å²) in [5.74, 6) is -0.203. The minimum absolute atomic E-state index is 0.0800. The van der Waals surface area contributed by atoms with Gasteiger partial charge in [0.25, 0.3) is 0 Å². The zero-order valence-corrected chi connectivity index (χ0v) is 17.5. The second-order valence-electron chi connectivity index (χ2n) is 7.86. The van der Waals surface area contributed by atoms with Gasteiger partial charge < -0.3 is 15.2 Å². The van der Waals surface area contributed by atoms with E-state index in [0.29, 0.717) is 24.3 Å². The molecule has 2 N–H and O–H groups in total. The fourth-order valence-corrected chi connectivity index (χ4v) is 2.86. The quantitative estimate of drug-likeness (QED) is 0.450. The maximum absolute atomic E-state index is 12.7. The lowest BCUT2D eigenvalue weighted by molar-refractivity contribution is -0.131. The minimum Gasteiger partial charge on any atom is -0.493 e. The Morgan fingerprint density at radius 2 is 1.90 bits per heavy atom. The van der Waals surface area contributed by atoms with Gasteiger partial charge in [0.1, 0.15) is 5.75 Å². The van der Waals surface area contributed by atoms with Crippen LogP contribution in [0.2, 0.25) is 0 Å². The predicted octanol–water partition coefficient (Wildman–Crippen LogP) is 5.23. The lowest BCUT2D eigenvalue weighted by Gasteiger charge is -2.24. The number of aryl methyl sites for hydroxylation is 2. The van der Waals surface area contributed by atoms with Gasteiger partial charge in [-0.1, -0.05) is 38.1 Å². The zero-order valence-electron chi connectivity index (χ0n) is 17.5. The standard InChI is InChI=1S/C24H29NO4/c1-17-9-10-18(2)21(15-17)29-14-6-13-24(3,4)23(28)25-20-8-5-7-19(16-20)11-12-22(26)27/h5,7-12,15-16H,6,13-14H2,1-4H3,(H,25,28)(H,26,27). The van der Waals surface area contributed by atoms with Crippen LogP contribution < -0.4 is 10.1 Å². The van der Waals surface area contributed by atoms with E-state index in [9.17, 15) is 9.59 Å². The summed E-state index contributed by atoms with van der Waals surface area (Å²) in [5, 5.41) is 11.7. The molecule has 0 saturated heterocycles. The summed E-state index contributed by atoms with van der Waals surface area (Å²) in [7, 11) is 0. The Morgan fingerprint density at radius 1 is 1.14 bits per heavy atom. The third-order valence-electron chi connectivity index (χ3n) is 4.72. The maximum atomic E-state index is 12.7. The van der Waals surface area contributed by atoms with Gasteiger partial charge in [-0.2, -0.15) is 0 Å². The molecule has 2 aromatic rings. The van der Waals surface area contributed by atoms with Crippen molar-refractivity contribution in [1.82, 2.24) is 0 Å². The second-order valence-corrected chi connectivity index (χ2v) is 7.86. The topological polar surface area (TPSA) is 75.6 Å². The normalized spacial score (nSPS) is 11.4. The number of nitrogens with one attached hydrogen (secondary N) is 1. The first-order chi connectivity index (χ1) is 13.7. The molecule has 0 aromatic heterocycles. The fraction of sp³-hybridized carbons (Fsp3) is 0.333. The van der Waals surface area contributed by atoms with Gasteiger partial charge in [-0.15, -0.1) is 0 Å². The van der Waals surface area contributed by atoms with Crippen LogP contribution in [0, 0.1) is 19.3 Å². The summed E-state index contributed by atoms with van der Waals surface area (Å²) in [5.41, 5.74) is 3.06. The summed E-state index contributed by atoms with van der Waals surface area (Å²) in [4.78, 5) is 23.4. The average molecular weight is 395 g/mol. The molecule has 0 aliphatic carbocycles. The van der Waals surface area contributed by atoms with E-state index in [1.54, 1.807) is 24.3 Å². The number of carboxylic acids is 1. The summed E-state index contributed by atoms with van der Waals surface area (Å²) in [6.07, 6.45) is 4.01. The molecular weight excluding hydrogens is 366 g/mol. The predicted molar refractivity (Wildman–Crippen MR) is 116 cm³/mol. The van der Waals surface area contributed by atoms with Crippen molar-refractivity contribution >= 4 is 23.6 Å². The van der Waals surface area contributed by atoms with Crippen molar-refractivity contribution in [1.29, 1.82) is 0 Å². The van der Waals surface area contributed by atoms with Crippen LogP contribution in [0.3, 0.4) is 0 Å².